The predicted molar refractivity (Wildman–Crippen MR) is 83.7 cm³/mol. The van der Waals surface area contributed by atoms with E-state index in [1.54, 1.807) is 12.4 Å². The van der Waals surface area contributed by atoms with Gasteiger partial charge in [-0.05, 0) is 12.8 Å². The monoisotopic (exact) mass is 310 g/mol. The van der Waals surface area contributed by atoms with Crippen molar-refractivity contribution in [2.24, 2.45) is 0 Å². The Morgan fingerprint density at radius 3 is 2.48 bits per heavy atom. The van der Waals surface area contributed by atoms with Crippen LogP contribution in [0.4, 0.5) is 5.95 Å². The number of aromatic nitrogens is 2. The molecule has 1 saturated carbocycles. The standard InChI is InChI=1S/C15H23ClN4O/c16-13-10-17-14(18-11-13)19-15(4-2-1-3-5-15)12-20-6-8-21-9-7-20/h10-11H,1-9,12H2,(H,17,18,19). The first kappa shape index (κ1) is 15.0. The molecule has 2 heterocycles. The first-order valence-corrected chi connectivity index (χ1v) is 8.19. The average molecular weight is 311 g/mol. The van der Waals surface area contributed by atoms with Gasteiger partial charge in [-0.1, -0.05) is 30.9 Å². The van der Waals surface area contributed by atoms with Crippen molar-refractivity contribution < 1.29 is 4.74 Å². The third kappa shape index (κ3) is 4.05. The highest BCUT2D eigenvalue weighted by Gasteiger charge is 2.34. The molecule has 1 aliphatic carbocycles. The molecule has 1 saturated heterocycles. The van der Waals surface area contributed by atoms with Crippen LogP contribution in [-0.4, -0.2) is 53.3 Å². The maximum absolute atomic E-state index is 5.87. The number of nitrogens with one attached hydrogen (secondary N) is 1. The van der Waals surface area contributed by atoms with E-state index in [1.165, 1.54) is 32.1 Å². The molecule has 21 heavy (non-hydrogen) atoms. The van der Waals surface area contributed by atoms with E-state index in [4.69, 9.17) is 16.3 Å². The summed E-state index contributed by atoms with van der Waals surface area (Å²) in [5, 5.41) is 4.18. The van der Waals surface area contributed by atoms with Crippen molar-refractivity contribution >= 4 is 17.5 Å². The molecule has 1 N–H and O–H groups in total. The van der Waals surface area contributed by atoms with Crippen LogP contribution < -0.4 is 5.32 Å². The Balaban J connectivity index is 1.70. The van der Waals surface area contributed by atoms with Crippen molar-refractivity contribution in [2.75, 3.05) is 38.2 Å². The van der Waals surface area contributed by atoms with Crippen LogP contribution in [0.15, 0.2) is 12.4 Å². The molecule has 3 rings (SSSR count). The Hall–Kier alpha value is -0.910. The Kier molecular flexibility index (Phi) is 4.93. The van der Waals surface area contributed by atoms with Gasteiger partial charge in [0.05, 0.1) is 36.2 Å². The van der Waals surface area contributed by atoms with Gasteiger partial charge in [-0.15, -0.1) is 0 Å². The van der Waals surface area contributed by atoms with Gasteiger partial charge < -0.3 is 10.1 Å². The summed E-state index contributed by atoms with van der Waals surface area (Å²) in [6.45, 7) is 4.76. The third-order valence-electron chi connectivity index (χ3n) is 4.44. The van der Waals surface area contributed by atoms with Crippen molar-refractivity contribution in [2.45, 2.75) is 37.6 Å². The molecule has 0 atom stereocenters. The molecule has 0 radical (unpaired) electrons. The number of morpholine rings is 1. The molecule has 1 aromatic rings. The lowest BCUT2D eigenvalue weighted by atomic mass is 9.81. The smallest absolute Gasteiger partial charge is 0.223 e. The number of anilines is 1. The zero-order chi connectivity index (χ0) is 14.5. The third-order valence-corrected chi connectivity index (χ3v) is 4.63. The van der Waals surface area contributed by atoms with Gasteiger partial charge in [0.15, 0.2) is 0 Å². The Morgan fingerprint density at radius 2 is 1.81 bits per heavy atom. The average Bonchev–Trinajstić information content (AvgIpc) is 2.51. The van der Waals surface area contributed by atoms with E-state index < -0.39 is 0 Å². The van der Waals surface area contributed by atoms with Crippen LogP contribution in [0.5, 0.6) is 0 Å². The van der Waals surface area contributed by atoms with Gasteiger partial charge in [0.1, 0.15) is 0 Å². The molecule has 116 valence electrons. The lowest BCUT2D eigenvalue weighted by Gasteiger charge is -2.42. The number of hydrogen-bond acceptors (Lipinski definition) is 5. The fourth-order valence-corrected chi connectivity index (χ4v) is 3.45. The maximum Gasteiger partial charge on any atom is 0.223 e. The van der Waals surface area contributed by atoms with Gasteiger partial charge in [-0.25, -0.2) is 9.97 Å². The van der Waals surface area contributed by atoms with Gasteiger partial charge in [0.25, 0.3) is 0 Å². The number of halogens is 1. The molecule has 5 nitrogen and oxygen atoms in total. The van der Waals surface area contributed by atoms with E-state index in [9.17, 15) is 0 Å². The van der Waals surface area contributed by atoms with E-state index in [-0.39, 0.29) is 5.54 Å². The predicted octanol–water partition coefficient (Wildman–Crippen LogP) is 2.58. The van der Waals surface area contributed by atoms with Crippen LogP contribution in [0.1, 0.15) is 32.1 Å². The van der Waals surface area contributed by atoms with Crippen molar-refractivity contribution in [3.05, 3.63) is 17.4 Å². The number of rotatable bonds is 4. The van der Waals surface area contributed by atoms with Gasteiger partial charge in [-0.3, -0.25) is 4.90 Å². The summed E-state index contributed by atoms with van der Waals surface area (Å²) in [6.07, 6.45) is 9.53. The van der Waals surface area contributed by atoms with Crippen molar-refractivity contribution in [1.29, 1.82) is 0 Å². The van der Waals surface area contributed by atoms with E-state index in [0.29, 0.717) is 11.0 Å². The lowest BCUT2D eigenvalue weighted by molar-refractivity contribution is 0.0259. The summed E-state index contributed by atoms with van der Waals surface area (Å²) in [6, 6.07) is 0. The lowest BCUT2D eigenvalue weighted by Crippen LogP contribution is -2.52. The normalized spacial score (nSPS) is 22.9. The molecule has 2 aliphatic rings. The Labute approximate surface area is 131 Å². The summed E-state index contributed by atoms with van der Waals surface area (Å²) < 4.78 is 5.45. The minimum Gasteiger partial charge on any atom is -0.379 e. The van der Waals surface area contributed by atoms with Gasteiger partial charge >= 0.3 is 0 Å². The molecule has 0 bridgehead atoms. The fraction of sp³-hybridized carbons (Fsp3) is 0.733. The van der Waals surface area contributed by atoms with Gasteiger partial charge in [0, 0.05) is 19.6 Å². The van der Waals surface area contributed by atoms with Crippen molar-refractivity contribution in [3.8, 4) is 0 Å². The SMILES string of the molecule is Clc1cnc(NC2(CN3CCOCC3)CCCCC2)nc1. The summed E-state index contributed by atoms with van der Waals surface area (Å²) in [7, 11) is 0. The first-order chi connectivity index (χ1) is 10.3. The van der Waals surface area contributed by atoms with E-state index >= 15 is 0 Å². The maximum atomic E-state index is 5.87. The molecule has 0 unspecified atom stereocenters. The van der Waals surface area contributed by atoms with Crippen LogP contribution in [0.3, 0.4) is 0 Å². The second-order valence-corrected chi connectivity index (χ2v) is 6.52. The first-order valence-electron chi connectivity index (χ1n) is 7.82. The van der Waals surface area contributed by atoms with E-state index in [1.807, 2.05) is 0 Å². The zero-order valence-electron chi connectivity index (χ0n) is 12.4. The molecule has 2 fully saturated rings. The molecular formula is C15H23ClN4O. The molecule has 1 aliphatic heterocycles. The fourth-order valence-electron chi connectivity index (χ4n) is 3.35. The van der Waals surface area contributed by atoms with Crippen LogP contribution in [0.25, 0.3) is 0 Å². The van der Waals surface area contributed by atoms with Crippen LogP contribution in [0.2, 0.25) is 5.02 Å². The highest BCUT2D eigenvalue weighted by Crippen LogP contribution is 2.32. The van der Waals surface area contributed by atoms with Gasteiger partial charge in [-0.2, -0.15) is 0 Å². The highest BCUT2D eigenvalue weighted by atomic mass is 35.5. The Morgan fingerprint density at radius 1 is 1.14 bits per heavy atom. The molecule has 0 aromatic carbocycles. The number of hydrogen-bond donors (Lipinski definition) is 1. The molecule has 0 amide bonds. The van der Waals surface area contributed by atoms with Crippen LogP contribution in [-0.2, 0) is 4.74 Å². The quantitative estimate of drug-likeness (QED) is 0.926. The minimum atomic E-state index is 0.0867. The molecular weight excluding hydrogens is 288 g/mol. The van der Waals surface area contributed by atoms with Crippen LogP contribution >= 0.6 is 11.6 Å². The Bertz CT molecular complexity index is 441. The summed E-state index contributed by atoms with van der Waals surface area (Å²) >= 11 is 5.87. The second-order valence-electron chi connectivity index (χ2n) is 6.08. The van der Waals surface area contributed by atoms with Crippen molar-refractivity contribution in [1.82, 2.24) is 14.9 Å². The number of ether oxygens (including phenoxy) is 1. The summed E-state index contributed by atoms with van der Waals surface area (Å²) in [5.41, 5.74) is 0.0867. The largest absolute Gasteiger partial charge is 0.379 e. The van der Waals surface area contributed by atoms with E-state index in [2.05, 4.69) is 20.2 Å². The highest BCUT2D eigenvalue weighted by molar-refractivity contribution is 6.30. The molecule has 1 aromatic heterocycles. The second kappa shape index (κ2) is 6.90. The number of nitrogens with zero attached hydrogens (tertiary/aromatic N) is 3. The topological polar surface area (TPSA) is 50.3 Å². The minimum absolute atomic E-state index is 0.0867. The van der Waals surface area contributed by atoms with Crippen LogP contribution in [0, 0.1) is 0 Å². The van der Waals surface area contributed by atoms with Gasteiger partial charge in [0.2, 0.25) is 5.95 Å². The summed E-state index contributed by atoms with van der Waals surface area (Å²) in [4.78, 5) is 11.1. The summed E-state index contributed by atoms with van der Waals surface area (Å²) in [5.74, 6) is 0.689. The zero-order valence-corrected chi connectivity index (χ0v) is 13.1. The molecule has 6 heteroatoms. The van der Waals surface area contributed by atoms with Crippen molar-refractivity contribution in [3.63, 3.8) is 0 Å². The van der Waals surface area contributed by atoms with E-state index in [0.717, 1.165) is 32.8 Å². The molecule has 0 spiro atoms.